The molecule has 0 aliphatic carbocycles. The second-order valence-electron chi connectivity index (χ2n) is 11.8. The van der Waals surface area contributed by atoms with Crippen LogP contribution in [0.2, 0.25) is 0 Å². The quantitative estimate of drug-likeness (QED) is 0.525. The van der Waals surface area contributed by atoms with Crippen molar-refractivity contribution in [2.45, 2.75) is 78.0 Å². The van der Waals surface area contributed by atoms with Crippen LogP contribution in [0.4, 0.5) is 16.2 Å². The summed E-state index contributed by atoms with van der Waals surface area (Å²) in [6.45, 7) is 12.9. The maximum atomic E-state index is 12.7. The van der Waals surface area contributed by atoms with Gasteiger partial charge in [0.25, 0.3) is 5.91 Å². The van der Waals surface area contributed by atoms with Gasteiger partial charge in [-0.2, -0.15) is 0 Å². The number of rotatable bonds is 4. The lowest BCUT2D eigenvalue weighted by atomic mass is 9.80. The minimum absolute atomic E-state index is 0.0144. The van der Waals surface area contributed by atoms with E-state index in [-0.39, 0.29) is 35.9 Å². The van der Waals surface area contributed by atoms with Crippen LogP contribution in [0.1, 0.15) is 87.8 Å². The van der Waals surface area contributed by atoms with Crippen LogP contribution in [0.15, 0.2) is 42.5 Å². The molecule has 1 saturated heterocycles. The van der Waals surface area contributed by atoms with Crippen LogP contribution in [-0.4, -0.2) is 54.6 Å². The third kappa shape index (κ3) is 6.21. The Morgan fingerprint density at radius 1 is 0.974 bits per heavy atom. The second-order valence-corrected chi connectivity index (χ2v) is 11.8. The predicted octanol–water partition coefficient (Wildman–Crippen LogP) is 5.71. The highest BCUT2D eigenvalue weighted by Gasteiger charge is 2.39. The number of piperidine rings is 1. The molecule has 2 aliphatic rings. The van der Waals surface area contributed by atoms with Crippen LogP contribution in [0.3, 0.4) is 0 Å². The molecule has 0 radical (unpaired) electrons. The molecule has 1 fully saturated rings. The van der Waals surface area contributed by atoms with E-state index in [4.69, 9.17) is 4.74 Å². The number of fused-ring (bicyclic) bond motifs is 1. The lowest BCUT2D eigenvalue weighted by molar-refractivity contribution is -0.117. The van der Waals surface area contributed by atoms with Crippen LogP contribution in [0, 0.1) is 5.92 Å². The molecular weight excluding hydrogens is 492 g/mol. The number of nitrogens with zero attached hydrogens (tertiary/aromatic N) is 2. The van der Waals surface area contributed by atoms with E-state index in [2.05, 4.69) is 42.7 Å². The van der Waals surface area contributed by atoms with Crippen LogP contribution in [0.5, 0.6) is 0 Å². The number of carbonyl (C=O) groups excluding carboxylic acids is 3. The molecule has 0 saturated carbocycles. The smallest absolute Gasteiger partial charge is 0.410 e. The molecule has 4 rings (SSSR count). The highest BCUT2D eigenvalue weighted by molar-refractivity contribution is 5.95. The van der Waals surface area contributed by atoms with E-state index in [0.717, 1.165) is 29.8 Å². The van der Waals surface area contributed by atoms with Crippen molar-refractivity contribution >= 4 is 29.3 Å². The van der Waals surface area contributed by atoms with E-state index in [9.17, 15) is 14.4 Å². The first-order valence-corrected chi connectivity index (χ1v) is 13.9. The zero-order valence-corrected chi connectivity index (χ0v) is 24.2. The molecule has 8 nitrogen and oxygen atoms in total. The van der Waals surface area contributed by atoms with E-state index in [1.165, 1.54) is 5.56 Å². The number of likely N-dealkylation sites (tertiary alicyclic amines) is 1. The van der Waals surface area contributed by atoms with Crippen molar-refractivity contribution in [3.8, 4) is 0 Å². The van der Waals surface area contributed by atoms with E-state index >= 15 is 0 Å². The van der Waals surface area contributed by atoms with Gasteiger partial charge >= 0.3 is 6.09 Å². The molecule has 2 heterocycles. The number of anilines is 2. The first-order chi connectivity index (χ1) is 18.4. The minimum Gasteiger partial charge on any atom is -0.444 e. The Kier molecular flexibility index (Phi) is 8.23. The Morgan fingerprint density at radius 2 is 1.62 bits per heavy atom. The lowest BCUT2D eigenvalue weighted by Crippen LogP contribution is -2.48. The first-order valence-electron chi connectivity index (χ1n) is 13.9. The van der Waals surface area contributed by atoms with Gasteiger partial charge in [-0.05, 0) is 87.9 Å². The molecule has 0 bridgehead atoms. The molecule has 2 aromatic rings. The molecule has 0 spiro atoms. The Balaban J connectivity index is 1.59. The number of hydrogen-bond donors (Lipinski definition) is 2. The SMILES string of the molecule is CNC(=O)c1ccc(NC2c3cc(C4CCN(C(=O)OC(C)(C)C)CC4)ccc3N(C(C)=O)[C@@H](C)[C@@H]2C)cc1. The van der Waals surface area contributed by atoms with Gasteiger partial charge in [-0.3, -0.25) is 9.59 Å². The zero-order chi connectivity index (χ0) is 28.5. The fourth-order valence-electron chi connectivity index (χ4n) is 5.74. The Hall–Kier alpha value is -3.55. The maximum Gasteiger partial charge on any atom is 0.410 e. The fourth-order valence-corrected chi connectivity index (χ4v) is 5.74. The van der Waals surface area contributed by atoms with Crippen molar-refractivity contribution in [1.29, 1.82) is 0 Å². The fraction of sp³-hybridized carbons (Fsp3) is 0.516. The molecular formula is C31H42N4O4. The van der Waals surface area contributed by atoms with E-state index < -0.39 is 5.60 Å². The highest BCUT2D eigenvalue weighted by atomic mass is 16.6. The highest BCUT2D eigenvalue weighted by Crippen LogP contribution is 2.44. The number of benzene rings is 2. The minimum atomic E-state index is -0.506. The van der Waals surface area contributed by atoms with Gasteiger partial charge in [0.2, 0.25) is 5.91 Å². The Labute approximate surface area is 232 Å². The van der Waals surface area contributed by atoms with E-state index in [0.29, 0.717) is 24.6 Å². The molecule has 8 heteroatoms. The summed E-state index contributed by atoms with van der Waals surface area (Å²) < 4.78 is 5.57. The predicted molar refractivity (Wildman–Crippen MR) is 154 cm³/mol. The largest absolute Gasteiger partial charge is 0.444 e. The average molecular weight is 535 g/mol. The Morgan fingerprint density at radius 3 is 2.18 bits per heavy atom. The van der Waals surface area contributed by atoms with Crippen molar-refractivity contribution in [3.05, 3.63) is 59.2 Å². The van der Waals surface area contributed by atoms with Gasteiger partial charge in [-0.15, -0.1) is 0 Å². The van der Waals surface area contributed by atoms with E-state index in [1.807, 2.05) is 49.9 Å². The summed E-state index contributed by atoms with van der Waals surface area (Å²) in [5.74, 6) is 0.375. The van der Waals surface area contributed by atoms with Crippen molar-refractivity contribution in [2.24, 2.45) is 5.92 Å². The second kappa shape index (κ2) is 11.3. The topological polar surface area (TPSA) is 91.0 Å². The molecule has 3 amide bonds. The summed E-state index contributed by atoms with van der Waals surface area (Å²) in [6.07, 6.45) is 1.47. The monoisotopic (exact) mass is 534 g/mol. The van der Waals surface area contributed by atoms with Crippen molar-refractivity contribution in [1.82, 2.24) is 10.2 Å². The van der Waals surface area contributed by atoms with E-state index in [1.54, 1.807) is 18.9 Å². The van der Waals surface area contributed by atoms with Gasteiger partial charge in [0.15, 0.2) is 0 Å². The molecule has 210 valence electrons. The molecule has 1 unspecified atom stereocenters. The van der Waals surface area contributed by atoms with Crippen LogP contribution >= 0.6 is 0 Å². The maximum absolute atomic E-state index is 12.7. The number of ether oxygens (including phenoxy) is 1. The summed E-state index contributed by atoms with van der Waals surface area (Å²) in [6, 6.07) is 13.9. The van der Waals surface area contributed by atoms with Gasteiger partial charge in [0, 0.05) is 56.0 Å². The van der Waals surface area contributed by atoms with Crippen LogP contribution in [-0.2, 0) is 9.53 Å². The van der Waals surface area contributed by atoms with Gasteiger partial charge in [-0.25, -0.2) is 4.79 Å². The number of amides is 3. The van der Waals surface area contributed by atoms with Crippen LogP contribution in [0.25, 0.3) is 0 Å². The molecule has 39 heavy (non-hydrogen) atoms. The normalized spacial score (nSPS) is 21.7. The zero-order valence-electron chi connectivity index (χ0n) is 24.2. The summed E-state index contributed by atoms with van der Waals surface area (Å²) >= 11 is 0. The first kappa shape index (κ1) is 28.5. The van der Waals surface area contributed by atoms with Crippen LogP contribution < -0.4 is 15.5 Å². The summed E-state index contributed by atoms with van der Waals surface area (Å²) in [5.41, 5.74) is 4.28. The van der Waals surface area contributed by atoms with Crippen molar-refractivity contribution in [2.75, 3.05) is 30.4 Å². The Bertz CT molecular complexity index is 1210. The molecule has 0 aromatic heterocycles. The summed E-state index contributed by atoms with van der Waals surface area (Å²) in [4.78, 5) is 40.9. The molecule has 2 aromatic carbocycles. The van der Waals surface area contributed by atoms with Gasteiger partial charge in [0.05, 0.1) is 6.04 Å². The number of nitrogens with one attached hydrogen (secondary N) is 2. The average Bonchev–Trinajstić information content (AvgIpc) is 2.90. The van der Waals surface area contributed by atoms with Crippen molar-refractivity contribution in [3.63, 3.8) is 0 Å². The third-order valence-corrected chi connectivity index (χ3v) is 7.99. The summed E-state index contributed by atoms with van der Waals surface area (Å²) in [7, 11) is 1.62. The van der Waals surface area contributed by atoms with Gasteiger partial charge in [-0.1, -0.05) is 19.1 Å². The van der Waals surface area contributed by atoms with Gasteiger partial charge in [0.1, 0.15) is 5.60 Å². The van der Waals surface area contributed by atoms with Crippen molar-refractivity contribution < 1.29 is 19.1 Å². The summed E-state index contributed by atoms with van der Waals surface area (Å²) in [5, 5.41) is 6.35. The standard InChI is InChI=1S/C31H42N4O4/c1-19-20(2)35(21(3)36)27-13-10-24(22-14-16-34(17-15-22)30(38)39-31(4,5)6)18-26(27)28(19)33-25-11-8-23(9-12-25)29(37)32-7/h8-13,18-20,22,28,33H,14-17H2,1-7H3,(H,32,37)/t19-,20-,28?/m0/s1. The third-order valence-electron chi connectivity index (χ3n) is 7.99. The number of carbonyl (C=O) groups is 3. The lowest BCUT2D eigenvalue weighted by Gasteiger charge is -2.44. The molecule has 2 N–H and O–H groups in total. The molecule has 3 atom stereocenters. The van der Waals surface area contributed by atoms with Gasteiger partial charge < -0.3 is 25.2 Å². The number of hydrogen-bond acceptors (Lipinski definition) is 5. The molecule has 2 aliphatic heterocycles.